The summed E-state index contributed by atoms with van der Waals surface area (Å²) in [5, 5.41) is 4.22. The molecule has 1 aromatic carbocycles. The Labute approximate surface area is 114 Å². The smallest absolute Gasteiger partial charge is 0.352 e. The highest BCUT2D eigenvalue weighted by molar-refractivity contribution is 5.95. The average Bonchev–Trinajstić information content (AvgIpc) is 2.36. The summed E-state index contributed by atoms with van der Waals surface area (Å²) in [6, 6.07) is 6.90. The summed E-state index contributed by atoms with van der Waals surface area (Å²) in [5.74, 6) is -1.11. The fourth-order valence-corrected chi connectivity index (χ4v) is 1.50. The lowest BCUT2D eigenvalue weighted by Gasteiger charge is -2.09. The summed E-state index contributed by atoms with van der Waals surface area (Å²) in [5.41, 5.74) is 1.26. The molecule has 4 nitrogen and oxygen atoms in total. The van der Waals surface area contributed by atoms with Crippen molar-refractivity contribution in [3.05, 3.63) is 35.4 Å². The number of aryl methyl sites for hydroxylation is 1. The highest BCUT2D eigenvalue weighted by Crippen LogP contribution is 2.12. The second-order valence-corrected chi connectivity index (χ2v) is 4.21. The quantitative estimate of drug-likeness (QED) is 0.868. The maximum Gasteiger partial charge on any atom is 0.405 e. The number of rotatable bonds is 5. The van der Waals surface area contributed by atoms with E-state index in [0.717, 1.165) is 5.56 Å². The van der Waals surface area contributed by atoms with E-state index in [4.69, 9.17) is 0 Å². The van der Waals surface area contributed by atoms with Crippen molar-refractivity contribution >= 4 is 11.8 Å². The zero-order chi connectivity index (χ0) is 15.2. The predicted octanol–water partition coefficient (Wildman–Crippen LogP) is 1.79. The molecule has 0 saturated carbocycles. The third kappa shape index (κ3) is 5.73. The first-order chi connectivity index (χ1) is 9.29. The summed E-state index contributed by atoms with van der Waals surface area (Å²) in [6.07, 6.45) is -4.63. The maximum absolute atomic E-state index is 11.8. The van der Waals surface area contributed by atoms with E-state index in [-0.39, 0.29) is 18.9 Å². The molecule has 0 aliphatic heterocycles. The van der Waals surface area contributed by atoms with Crippen LogP contribution in [0.25, 0.3) is 0 Å². The van der Waals surface area contributed by atoms with Gasteiger partial charge in [0.25, 0.3) is 5.91 Å². The van der Waals surface area contributed by atoms with Crippen LogP contribution < -0.4 is 10.6 Å². The van der Waals surface area contributed by atoms with Crippen LogP contribution in [0.3, 0.4) is 0 Å². The van der Waals surface area contributed by atoms with E-state index in [1.807, 2.05) is 0 Å². The number of nitrogens with one attached hydrogen (secondary N) is 2. The molecule has 0 aliphatic rings. The molecule has 0 aromatic heterocycles. The van der Waals surface area contributed by atoms with Gasteiger partial charge in [0.1, 0.15) is 6.54 Å². The minimum Gasteiger partial charge on any atom is -0.352 e. The van der Waals surface area contributed by atoms with Crippen molar-refractivity contribution in [2.45, 2.75) is 19.5 Å². The molecule has 0 aliphatic carbocycles. The summed E-state index contributed by atoms with van der Waals surface area (Å²) in [7, 11) is 0. The van der Waals surface area contributed by atoms with Gasteiger partial charge in [0, 0.05) is 18.5 Å². The first-order valence-corrected chi connectivity index (χ1v) is 5.97. The minimum atomic E-state index is -4.43. The molecule has 0 heterocycles. The second kappa shape index (κ2) is 6.93. The van der Waals surface area contributed by atoms with Crippen molar-refractivity contribution < 1.29 is 22.8 Å². The molecule has 110 valence electrons. The number of amides is 2. The van der Waals surface area contributed by atoms with Gasteiger partial charge in [-0.05, 0) is 18.6 Å². The van der Waals surface area contributed by atoms with E-state index in [0.29, 0.717) is 5.56 Å². The zero-order valence-electron chi connectivity index (χ0n) is 10.9. The molecule has 1 aromatic rings. The predicted molar refractivity (Wildman–Crippen MR) is 67.2 cm³/mol. The van der Waals surface area contributed by atoms with Gasteiger partial charge in [0.2, 0.25) is 5.91 Å². The molecular weight excluding hydrogens is 273 g/mol. The molecule has 0 bridgehead atoms. The molecule has 7 heteroatoms. The number of alkyl halides is 3. The second-order valence-electron chi connectivity index (χ2n) is 4.21. The SMILES string of the molecule is Cc1ccccc1C(=O)NCCC(=O)NCC(F)(F)F. The van der Waals surface area contributed by atoms with Gasteiger partial charge in [-0.2, -0.15) is 13.2 Å². The average molecular weight is 288 g/mol. The largest absolute Gasteiger partial charge is 0.405 e. The molecule has 0 fully saturated rings. The van der Waals surface area contributed by atoms with Gasteiger partial charge >= 0.3 is 6.18 Å². The van der Waals surface area contributed by atoms with Gasteiger partial charge in [0.15, 0.2) is 0 Å². The lowest BCUT2D eigenvalue weighted by molar-refractivity contribution is -0.138. The Kier molecular flexibility index (Phi) is 5.54. The molecular formula is C13H15F3N2O2. The Bertz CT molecular complexity index is 487. The van der Waals surface area contributed by atoms with Gasteiger partial charge in [-0.15, -0.1) is 0 Å². The Hall–Kier alpha value is -2.05. The van der Waals surface area contributed by atoms with Crippen LogP contribution in [-0.2, 0) is 4.79 Å². The van der Waals surface area contributed by atoms with Crippen molar-refractivity contribution in [1.82, 2.24) is 10.6 Å². The molecule has 0 spiro atoms. The fraction of sp³-hybridized carbons (Fsp3) is 0.385. The van der Waals surface area contributed by atoms with Crippen molar-refractivity contribution in [1.29, 1.82) is 0 Å². The van der Waals surface area contributed by atoms with Crippen LogP contribution in [0.4, 0.5) is 13.2 Å². The molecule has 20 heavy (non-hydrogen) atoms. The highest BCUT2D eigenvalue weighted by Gasteiger charge is 2.27. The van der Waals surface area contributed by atoms with Gasteiger partial charge in [-0.3, -0.25) is 9.59 Å². The molecule has 1 rings (SSSR count). The van der Waals surface area contributed by atoms with E-state index < -0.39 is 18.6 Å². The van der Waals surface area contributed by atoms with Crippen molar-refractivity contribution in [3.63, 3.8) is 0 Å². The van der Waals surface area contributed by atoms with E-state index >= 15 is 0 Å². The van der Waals surface area contributed by atoms with Gasteiger partial charge in [-0.25, -0.2) is 0 Å². The molecule has 0 atom stereocenters. The molecule has 0 radical (unpaired) electrons. The fourth-order valence-electron chi connectivity index (χ4n) is 1.50. The standard InChI is InChI=1S/C13H15F3N2O2/c1-9-4-2-3-5-10(9)12(20)17-7-6-11(19)18-8-13(14,15)16/h2-5H,6-8H2,1H3,(H,17,20)(H,18,19). The lowest BCUT2D eigenvalue weighted by atomic mass is 10.1. The monoisotopic (exact) mass is 288 g/mol. The zero-order valence-corrected chi connectivity index (χ0v) is 10.9. The molecule has 2 N–H and O–H groups in total. The van der Waals surface area contributed by atoms with E-state index in [2.05, 4.69) is 5.32 Å². The van der Waals surface area contributed by atoms with Crippen LogP contribution in [0.15, 0.2) is 24.3 Å². The van der Waals surface area contributed by atoms with Crippen LogP contribution in [-0.4, -0.2) is 31.1 Å². The first kappa shape index (κ1) is 16.0. The van der Waals surface area contributed by atoms with Crippen LogP contribution in [0.2, 0.25) is 0 Å². The van der Waals surface area contributed by atoms with Crippen molar-refractivity contribution in [2.75, 3.05) is 13.1 Å². The summed E-state index contributed by atoms with van der Waals surface area (Å²) in [4.78, 5) is 22.9. The molecule has 2 amide bonds. The van der Waals surface area contributed by atoms with Crippen LogP contribution in [0, 0.1) is 6.92 Å². The topological polar surface area (TPSA) is 58.2 Å². The number of benzene rings is 1. The third-order valence-electron chi connectivity index (χ3n) is 2.51. The third-order valence-corrected chi connectivity index (χ3v) is 2.51. The van der Waals surface area contributed by atoms with E-state index in [9.17, 15) is 22.8 Å². The number of hydrogen-bond acceptors (Lipinski definition) is 2. The van der Waals surface area contributed by atoms with Crippen LogP contribution in [0.5, 0.6) is 0 Å². The van der Waals surface area contributed by atoms with Crippen molar-refractivity contribution in [2.24, 2.45) is 0 Å². The van der Waals surface area contributed by atoms with E-state index in [1.165, 1.54) is 0 Å². The summed E-state index contributed by atoms with van der Waals surface area (Å²) >= 11 is 0. The van der Waals surface area contributed by atoms with Crippen molar-refractivity contribution in [3.8, 4) is 0 Å². The summed E-state index contributed by atoms with van der Waals surface area (Å²) in [6.45, 7) is 0.388. The van der Waals surface area contributed by atoms with Crippen LogP contribution >= 0.6 is 0 Å². The minimum absolute atomic E-state index is 0.0170. The van der Waals surface area contributed by atoms with Crippen LogP contribution in [0.1, 0.15) is 22.3 Å². The number of carbonyl (C=O) groups excluding carboxylic acids is 2. The Morgan fingerprint density at radius 2 is 1.80 bits per heavy atom. The molecule has 0 saturated heterocycles. The highest BCUT2D eigenvalue weighted by atomic mass is 19.4. The van der Waals surface area contributed by atoms with Gasteiger partial charge < -0.3 is 10.6 Å². The van der Waals surface area contributed by atoms with E-state index in [1.54, 1.807) is 36.5 Å². The number of hydrogen-bond donors (Lipinski definition) is 2. The van der Waals surface area contributed by atoms with Gasteiger partial charge in [0.05, 0.1) is 0 Å². The number of halogens is 3. The maximum atomic E-state index is 11.8. The lowest BCUT2D eigenvalue weighted by Crippen LogP contribution is -2.36. The Balaban J connectivity index is 2.33. The number of carbonyl (C=O) groups is 2. The molecule has 0 unspecified atom stereocenters. The Morgan fingerprint density at radius 3 is 2.40 bits per heavy atom. The van der Waals surface area contributed by atoms with Gasteiger partial charge in [-0.1, -0.05) is 18.2 Å². The normalized spacial score (nSPS) is 11.0. The first-order valence-electron chi connectivity index (χ1n) is 5.97. The Morgan fingerprint density at radius 1 is 1.15 bits per heavy atom. The summed E-state index contributed by atoms with van der Waals surface area (Å²) < 4.78 is 35.5.